The number of aryl methyl sites for hydroxylation is 1. The Balaban J connectivity index is 2.03. The van der Waals surface area contributed by atoms with Gasteiger partial charge in [0.25, 0.3) is 0 Å². The van der Waals surface area contributed by atoms with Crippen molar-refractivity contribution in [2.45, 2.75) is 50.3 Å². The minimum Gasteiger partial charge on any atom is -0.325 e. The van der Waals surface area contributed by atoms with Gasteiger partial charge in [-0.2, -0.15) is 11.8 Å². The summed E-state index contributed by atoms with van der Waals surface area (Å²) in [6.45, 7) is 5.22. The molecule has 1 aromatic heterocycles. The second kappa shape index (κ2) is 5.98. The summed E-state index contributed by atoms with van der Waals surface area (Å²) in [6.07, 6.45) is 4.03. The summed E-state index contributed by atoms with van der Waals surface area (Å²) in [6, 6.07) is 6.33. The zero-order valence-corrected chi connectivity index (χ0v) is 13.7. The van der Waals surface area contributed by atoms with Gasteiger partial charge in [-0.3, -0.25) is 0 Å². The van der Waals surface area contributed by atoms with Gasteiger partial charge in [0, 0.05) is 11.8 Å². The van der Waals surface area contributed by atoms with Crippen molar-refractivity contribution in [1.29, 1.82) is 0 Å². The maximum atomic E-state index is 6.36. The van der Waals surface area contributed by atoms with Gasteiger partial charge < -0.3 is 4.57 Å². The van der Waals surface area contributed by atoms with Crippen LogP contribution in [0.25, 0.3) is 11.0 Å². The topological polar surface area (TPSA) is 17.8 Å². The molecule has 2 heterocycles. The van der Waals surface area contributed by atoms with Gasteiger partial charge in [-0.15, -0.1) is 11.6 Å². The number of nitrogens with zero attached hydrogens (tertiary/aromatic N) is 2. The van der Waals surface area contributed by atoms with E-state index in [0.717, 1.165) is 17.9 Å². The molecule has 1 saturated heterocycles. The highest BCUT2D eigenvalue weighted by Crippen LogP contribution is 2.31. The summed E-state index contributed by atoms with van der Waals surface area (Å²) in [5, 5.41) is 0.658. The standard InChI is InChI=1S/C16H21ClN2S/c1-11-6-5-8-14-15(11)19(16(18-14)12(2)17)10-13-7-3-4-9-20-13/h5-6,8,12-13H,3-4,7,9-10H2,1-2H3. The number of hydrogen-bond donors (Lipinski definition) is 0. The first-order valence-corrected chi connectivity index (χ1v) is 8.86. The molecule has 1 aliphatic heterocycles. The predicted octanol–water partition coefficient (Wildman–Crippen LogP) is 4.93. The summed E-state index contributed by atoms with van der Waals surface area (Å²) in [7, 11) is 0. The van der Waals surface area contributed by atoms with Crippen molar-refractivity contribution in [3.05, 3.63) is 29.6 Å². The number of thioether (sulfide) groups is 1. The highest BCUT2D eigenvalue weighted by atomic mass is 35.5. The Morgan fingerprint density at radius 1 is 1.45 bits per heavy atom. The number of aromatic nitrogens is 2. The first-order chi connectivity index (χ1) is 9.66. The van der Waals surface area contributed by atoms with E-state index in [0.29, 0.717) is 5.25 Å². The molecule has 108 valence electrons. The molecular formula is C16H21ClN2S. The Bertz CT molecular complexity index is 600. The van der Waals surface area contributed by atoms with Crippen molar-refractivity contribution in [3.63, 3.8) is 0 Å². The second-order valence-corrected chi connectivity index (χ2v) is 7.69. The summed E-state index contributed by atoms with van der Waals surface area (Å²) in [4.78, 5) is 4.76. The fourth-order valence-electron chi connectivity index (χ4n) is 3.03. The summed E-state index contributed by atoms with van der Waals surface area (Å²) < 4.78 is 2.37. The maximum Gasteiger partial charge on any atom is 0.127 e. The van der Waals surface area contributed by atoms with Crippen LogP contribution in [0.4, 0.5) is 0 Å². The number of fused-ring (bicyclic) bond motifs is 1. The third-order valence-corrected chi connectivity index (χ3v) is 5.59. The van der Waals surface area contributed by atoms with Gasteiger partial charge in [0.2, 0.25) is 0 Å². The maximum absolute atomic E-state index is 6.36. The molecule has 1 aromatic carbocycles. The average Bonchev–Trinajstić information content (AvgIpc) is 2.80. The number of benzene rings is 1. The molecule has 2 atom stereocenters. The van der Waals surface area contributed by atoms with E-state index in [2.05, 4.69) is 41.5 Å². The number of rotatable bonds is 3. The number of hydrogen-bond acceptors (Lipinski definition) is 2. The Kier molecular flexibility index (Phi) is 4.27. The molecule has 1 aliphatic rings. The van der Waals surface area contributed by atoms with Crippen molar-refractivity contribution >= 4 is 34.4 Å². The van der Waals surface area contributed by atoms with Crippen LogP contribution < -0.4 is 0 Å². The molecular weight excluding hydrogens is 288 g/mol. The van der Waals surface area contributed by atoms with Crippen LogP contribution in [0.3, 0.4) is 0 Å². The van der Waals surface area contributed by atoms with Gasteiger partial charge in [-0.25, -0.2) is 4.98 Å². The summed E-state index contributed by atoms with van der Waals surface area (Å²) >= 11 is 8.46. The van der Waals surface area contributed by atoms with Gasteiger partial charge >= 0.3 is 0 Å². The Hall–Kier alpha value is -0.670. The Morgan fingerprint density at radius 2 is 2.30 bits per heavy atom. The number of halogens is 1. The molecule has 0 bridgehead atoms. The van der Waals surface area contributed by atoms with E-state index in [4.69, 9.17) is 16.6 Å². The van der Waals surface area contributed by atoms with Crippen LogP contribution in [-0.4, -0.2) is 20.6 Å². The van der Waals surface area contributed by atoms with Gasteiger partial charge in [0.05, 0.1) is 16.4 Å². The van der Waals surface area contributed by atoms with Crippen LogP contribution in [0.1, 0.15) is 43.0 Å². The van der Waals surface area contributed by atoms with Crippen LogP contribution >= 0.6 is 23.4 Å². The van der Waals surface area contributed by atoms with Crippen LogP contribution in [0.2, 0.25) is 0 Å². The third kappa shape index (κ3) is 2.71. The average molecular weight is 309 g/mol. The minimum atomic E-state index is -0.0459. The first-order valence-electron chi connectivity index (χ1n) is 7.38. The van der Waals surface area contributed by atoms with Crippen molar-refractivity contribution in [1.82, 2.24) is 9.55 Å². The molecule has 2 unspecified atom stereocenters. The first kappa shape index (κ1) is 14.3. The lowest BCUT2D eigenvalue weighted by atomic mass is 10.1. The number of para-hydroxylation sites is 1. The largest absolute Gasteiger partial charge is 0.325 e. The molecule has 0 aliphatic carbocycles. The summed E-state index contributed by atoms with van der Waals surface area (Å²) in [5.74, 6) is 2.31. The van der Waals surface area contributed by atoms with E-state index in [9.17, 15) is 0 Å². The molecule has 4 heteroatoms. The molecule has 2 aromatic rings. The van der Waals surface area contributed by atoms with Crippen LogP contribution in [0.15, 0.2) is 18.2 Å². The molecule has 0 N–H and O–H groups in total. The lowest BCUT2D eigenvalue weighted by molar-refractivity contribution is 0.575. The molecule has 0 spiro atoms. The summed E-state index contributed by atoms with van der Waals surface area (Å²) in [5.41, 5.74) is 3.63. The fourth-order valence-corrected chi connectivity index (χ4v) is 4.49. The van der Waals surface area contributed by atoms with Crippen LogP contribution in [0, 0.1) is 6.92 Å². The van der Waals surface area contributed by atoms with Crippen LogP contribution in [0.5, 0.6) is 0 Å². The molecule has 20 heavy (non-hydrogen) atoms. The van der Waals surface area contributed by atoms with Crippen molar-refractivity contribution in [2.24, 2.45) is 0 Å². The Labute approximate surface area is 129 Å². The number of alkyl halides is 1. The SMILES string of the molecule is Cc1cccc2nc(C(C)Cl)n(CC3CCCCS3)c12. The molecule has 0 radical (unpaired) electrons. The Morgan fingerprint density at radius 3 is 3.00 bits per heavy atom. The molecule has 1 fully saturated rings. The highest BCUT2D eigenvalue weighted by molar-refractivity contribution is 7.99. The van der Waals surface area contributed by atoms with E-state index in [1.54, 1.807) is 0 Å². The van der Waals surface area contributed by atoms with Crippen molar-refractivity contribution < 1.29 is 0 Å². The third-order valence-electron chi connectivity index (χ3n) is 4.01. The predicted molar refractivity (Wildman–Crippen MR) is 88.8 cm³/mol. The number of imidazole rings is 1. The van der Waals surface area contributed by atoms with Gasteiger partial charge in [0.15, 0.2) is 0 Å². The normalized spacial score (nSPS) is 21.2. The van der Waals surface area contributed by atoms with Gasteiger partial charge in [-0.1, -0.05) is 18.6 Å². The molecule has 3 rings (SSSR count). The molecule has 0 amide bonds. The highest BCUT2D eigenvalue weighted by Gasteiger charge is 2.21. The second-order valence-electron chi connectivity index (χ2n) is 5.63. The van der Waals surface area contributed by atoms with Crippen molar-refractivity contribution in [2.75, 3.05) is 5.75 Å². The van der Waals surface area contributed by atoms with Gasteiger partial charge in [0.1, 0.15) is 5.82 Å². The lowest BCUT2D eigenvalue weighted by Gasteiger charge is -2.23. The van der Waals surface area contributed by atoms with Crippen molar-refractivity contribution in [3.8, 4) is 0 Å². The lowest BCUT2D eigenvalue weighted by Crippen LogP contribution is -2.19. The quantitative estimate of drug-likeness (QED) is 0.748. The van der Waals surface area contributed by atoms with Crippen LogP contribution in [-0.2, 0) is 6.54 Å². The van der Waals surface area contributed by atoms with E-state index >= 15 is 0 Å². The van der Waals surface area contributed by atoms with E-state index in [-0.39, 0.29) is 5.38 Å². The van der Waals surface area contributed by atoms with Gasteiger partial charge in [-0.05, 0) is 44.1 Å². The minimum absolute atomic E-state index is 0.0459. The zero-order chi connectivity index (χ0) is 14.1. The molecule has 0 saturated carbocycles. The fraction of sp³-hybridized carbons (Fsp3) is 0.562. The molecule has 2 nitrogen and oxygen atoms in total. The van der Waals surface area contributed by atoms with E-state index < -0.39 is 0 Å². The monoisotopic (exact) mass is 308 g/mol. The van der Waals surface area contributed by atoms with E-state index in [1.165, 1.54) is 36.1 Å². The zero-order valence-electron chi connectivity index (χ0n) is 12.1. The van der Waals surface area contributed by atoms with E-state index in [1.807, 2.05) is 6.92 Å². The smallest absolute Gasteiger partial charge is 0.127 e.